The summed E-state index contributed by atoms with van der Waals surface area (Å²) in [5.74, 6) is -0.652. The Hall–Kier alpha value is -1.99. The highest BCUT2D eigenvalue weighted by molar-refractivity contribution is 5.94. The molecule has 2 atom stereocenters. The van der Waals surface area contributed by atoms with Gasteiger partial charge in [-0.2, -0.15) is 0 Å². The molecule has 3 aliphatic rings. The number of ether oxygens (including phenoxy) is 1. The maximum Gasteiger partial charge on any atom is 0.253 e. The van der Waals surface area contributed by atoms with Crippen LogP contribution in [0.3, 0.4) is 0 Å². The molecule has 170 valence electrons. The number of nitrogens with zero attached hydrogens (tertiary/aromatic N) is 2. The van der Waals surface area contributed by atoms with Crippen LogP contribution in [0.4, 0.5) is 4.39 Å². The number of carbonyl (C=O) groups is 2. The van der Waals surface area contributed by atoms with Gasteiger partial charge in [0.1, 0.15) is 5.82 Å². The first-order valence-corrected chi connectivity index (χ1v) is 11.7. The molecule has 2 aliphatic heterocycles. The summed E-state index contributed by atoms with van der Waals surface area (Å²) in [5.41, 5.74) is 0.477. The van der Waals surface area contributed by atoms with Crippen molar-refractivity contribution in [3.8, 4) is 0 Å². The number of benzene rings is 1. The number of hydrogen-bond donors (Lipinski definition) is 1. The summed E-state index contributed by atoms with van der Waals surface area (Å²) in [6.45, 7) is 6.54. The Kier molecular flexibility index (Phi) is 6.92. The molecule has 0 spiro atoms. The maximum absolute atomic E-state index is 13.2. The zero-order valence-corrected chi connectivity index (χ0v) is 18.4. The summed E-state index contributed by atoms with van der Waals surface area (Å²) >= 11 is 0. The van der Waals surface area contributed by atoms with E-state index in [1.165, 1.54) is 37.1 Å². The second-order valence-corrected chi connectivity index (χ2v) is 9.24. The van der Waals surface area contributed by atoms with Crippen LogP contribution in [-0.2, 0) is 9.53 Å². The van der Waals surface area contributed by atoms with Crippen LogP contribution in [0.1, 0.15) is 55.8 Å². The quantitative estimate of drug-likeness (QED) is 0.779. The first-order valence-electron chi connectivity index (χ1n) is 11.7. The van der Waals surface area contributed by atoms with Crippen LogP contribution in [0.15, 0.2) is 24.3 Å². The highest BCUT2D eigenvalue weighted by atomic mass is 19.1. The van der Waals surface area contributed by atoms with Crippen molar-refractivity contribution in [2.75, 3.05) is 39.4 Å². The summed E-state index contributed by atoms with van der Waals surface area (Å²) < 4.78 is 18.7. The van der Waals surface area contributed by atoms with E-state index in [1.54, 1.807) is 4.90 Å². The van der Waals surface area contributed by atoms with Crippen LogP contribution in [-0.4, -0.2) is 72.6 Å². The molecule has 0 bridgehead atoms. The van der Waals surface area contributed by atoms with Crippen LogP contribution in [0.25, 0.3) is 0 Å². The predicted octanol–water partition coefficient (Wildman–Crippen LogP) is 2.83. The molecular weight excluding hydrogens is 397 g/mol. The van der Waals surface area contributed by atoms with E-state index in [1.807, 2.05) is 0 Å². The first kappa shape index (κ1) is 22.2. The molecule has 1 aromatic rings. The van der Waals surface area contributed by atoms with Gasteiger partial charge in [0.2, 0.25) is 5.91 Å². The Morgan fingerprint density at radius 1 is 1.10 bits per heavy atom. The van der Waals surface area contributed by atoms with E-state index in [-0.39, 0.29) is 35.1 Å². The predicted molar refractivity (Wildman–Crippen MR) is 116 cm³/mol. The minimum Gasteiger partial charge on any atom is -0.379 e. The Bertz CT molecular complexity index is 773. The van der Waals surface area contributed by atoms with Gasteiger partial charge in [-0.3, -0.25) is 14.5 Å². The molecule has 1 aromatic carbocycles. The fraction of sp³-hybridized carbons (Fsp3) is 0.667. The molecule has 31 heavy (non-hydrogen) atoms. The van der Waals surface area contributed by atoms with Gasteiger partial charge in [0, 0.05) is 43.3 Å². The summed E-state index contributed by atoms with van der Waals surface area (Å²) in [6, 6.07) is 5.68. The van der Waals surface area contributed by atoms with Gasteiger partial charge >= 0.3 is 0 Å². The van der Waals surface area contributed by atoms with Crippen LogP contribution in [0, 0.1) is 11.7 Å². The third kappa shape index (κ3) is 4.77. The van der Waals surface area contributed by atoms with Crippen molar-refractivity contribution >= 4 is 11.8 Å². The largest absolute Gasteiger partial charge is 0.379 e. The number of nitrogens with one attached hydrogen (secondary N) is 1. The monoisotopic (exact) mass is 431 g/mol. The molecule has 2 heterocycles. The molecule has 2 saturated heterocycles. The summed E-state index contributed by atoms with van der Waals surface area (Å²) in [5, 5.41) is 3.33. The van der Waals surface area contributed by atoms with Crippen molar-refractivity contribution in [3.63, 3.8) is 0 Å². The van der Waals surface area contributed by atoms with E-state index >= 15 is 0 Å². The van der Waals surface area contributed by atoms with Gasteiger partial charge in [0.05, 0.1) is 19.1 Å². The minimum absolute atomic E-state index is 0.0116. The molecule has 1 aliphatic carbocycles. The summed E-state index contributed by atoms with van der Waals surface area (Å²) in [4.78, 5) is 30.3. The topological polar surface area (TPSA) is 61.9 Å². The van der Waals surface area contributed by atoms with Crippen LogP contribution in [0.2, 0.25) is 0 Å². The van der Waals surface area contributed by atoms with Gasteiger partial charge in [0.15, 0.2) is 0 Å². The minimum atomic E-state index is -0.359. The van der Waals surface area contributed by atoms with Gasteiger partial charge in [-0.1, -0.05) is 12.8 Å². The maximum atomic E-state index is 13.2. The number of hydrogen-bond acceptors (Lipinski definition) is 4. The second-order valence-electron chi connectivity index (χ2n) is 9.24. The highest BCUT2D eigenvalue weighted by Gasteiger charge is 2.45. The molecule has 1 saturated carbocycles. The summed E-state index contributed by atoms with van der Waals surface area (Å²) in [7, 11) is 0. The van der Waals surface area contributed by atoms with E-state index in [0.29, 0.717) is 18.7 Å². The van der Waals surface area contributed by atoms with E-state index in [9.17, 15) is 14.0 Å². The van der Waals surface area contributed by atoms with Crippen molar-refractivity contribution in [3.05, 3.63) is 35.6 Å². The van der Waals surface area contributed by atoms with E-state index in [0.717, 1.165) is 52.0 Å². The van der Waals surface area contributed by atoms with E-state index in [4.69, 9.17) is 4.74 Å². The van der Waals surface area contributed by atoms with Gasteiger partial charge in [-0.15, -0.1) is 0 Å². The van der Waals surface area contributed by atoms with Gasteiger partial charge in [-0.25, -0.2) is 4.39 Å². The fourth-order valence-corrected chi connectivity index (χ4v) is 5.64. The average molecular weight is 432 g/mol. The molecule has 1 N–H and O–H groups in total. The van der Waals surface area contributed by atoms with Crippen LogP contribution < -0.4 is 5.32 Å². The van der Waals surface area contributed by atoms with E-state index < -0.39 is 0 Å². The highest BCUT2D eigenvalue weighted by Crippen LogP contribution is 2.38. The molecule has 2 amide bonds. The molecule has 3 fully saturated rings. The number of morpholine rings is 1. The fourth-order valence-electron chi connectivity index (χ4n) is 5.64. The van der Waals surface area contributed by atoms with Gasteiger partial charge in [-0.05, 0) is 56.9 Å². The van der Waals surface area contributed by atoms with Crippen molar-refractivity contribution in [2.24, 2.45) is 5.92 Å². The zero-order valence-electron chi connectivity index (χ0n) is 18.4. The van der Waals surface area contributed by atoms with E-state index in [2.05, 4.69) is 17.1 Å². The number of amides is 2. The molecule has 0 aromatic heterocycles. The Balaban J connectivity index is 1.39. The zero-order chi connectivity index (χ0) is 21.8. The number of halogens is 1. The first-order chi connectivity index (χ1) is 15.0. The molecule has 2 unspecified atom stereocenters. The summed E-state index contributed by atoms with van der Waals surface area (Å²) in [6.07, 6.45) is 6.19. The Morgan fingerprint density at radius 3 is 2.45 bits per heavy atom. The third-order valence-electron chi connectivity index (χ3n) is 7.45. The normalized spacial score (nSPS) is 25.2. The lowest BCUT2D eigenvalue weighted by molar-refractivity contribution is -0.128. The number of carbonyl (C=O) groups excluding carboxylic acids is 2. The SMILES string of the molecule is CC(NC(=O)C1CCCN(C(=O)c2ccc(F)cc2)C1)C1(N2CCOCC2)CCCC1. The number of rotatable bonds is 5. The lowest BCUT2D eigenvalue weighted by Crippen LogP contribution is -2.63. The second kappa shape index (κ2) is 9.65. The van der Waals surface area contributed by atoms with Gasteiger partial charge in [0.25, 0.3) is 5.91 Å². The lowest BCUT2D eigenvalue weighted by Gasteiger charge is -2.47. The molecule has 6 nitrogen and oxygen atoms in total. The van der Waals surface area contributed by atoms with Crippen LogP contribution >= 0.6 is 0 Å². The molecular formula is C24H34FN3O3. The average Bonchev–Trinajstić information content (AvgIpc) is 3.31. The smallest absolute Gasteiger partial charge is 0.253 e. The van der Waals surface area contributed by atoms with Crippen molar-refractivity contribution in [1.82, 2.24) is 15.1 Å². The standard InChI is InChI=1S/C24H34FN3O3/c1-18(24(10-2-3-11-24)28-13-15-31-16-14-28)26-22(29)20-5-4-12-27(17-20)23(30)19-6-8-21(25)9-7-19/h6-9,18,20H,2-5,10-17H2,1H3,(H,26,29). The lowest BCUT2D eigenvalue weighted by atomic mass is 9.85. The number of piperidine rings is 1. The number of likely N-dealkylation sites (tertiary alicyclic amines) is 1. The third-order valence-corrected chi connectivity index (χ3v) is 7.45. The van der Waals surface area contributed by atoms with Crippen molar-refractivity contribution in [2.45, 2.75) is 57.0 Å². The van der Waals surface area contributed by atoms with Crippen LogP contribution in [0.5, 0.6) is 0 Å². The van der Waals surface area contributed by atoms with Gasteiger partial charge < -0.3 is 15.0 Å². The van der Waals surface area contributed by atoms with Crippen molar-refractivity contribution < 1.29 is 18.7 Å². The molecule has 7 heteroatoms. The molecule has 4 rings (SSSR count). The Labute approximate surface area is 184 Å². The Morgan fingerprint density at radius 2 is 1.77 bits per heavy atom. The molecule has 0 radical (unpaired) electrons. The van der Waals surface area contributed by atoms with Crippen molar-refractivity contribution in [1.29, 1.82) is 0 Å².